The third-order valence-corrected chi connectivity index (χ3v) is 2.17. The van der Waals surface area contributed by atoms with E-state index in [0.29, 0.717) is 5.56 Å². The standard InChI is InChI=1S/C12H11F2NO2/c1-3-17-11(16)12(13,14)10-5-4-8(2)6-9(10)7-15/h4-6H,3H2,1-2H3. The second-order valence-electron chi connectivity index (χ2n) is 3.46. The molecule has 5 heteroatoms. The fourth-order valence-electron chi connectivity index (χ4n) is 1.36. The van der Waals surface area contributed by atoms with Crippen LogP contribution in [0.4, 0.5) is 8.78 Å². The predicted octanol–water partition coefficient (Wildman–Crippen LogP) is 2.52. The Morgan fingerprint density at radius 3 is 2.71 bits per heavy atom. The molecule has 3 nitrogen and oxygen atoms in total. The van der Waals surface area contributed by atoms with Gasteiger partial charge in [-0.1, -0.05) is 12.1 Å². The number of ether oxygens (including phenoxy) is 1. The maximum absolute atomic E-state index is 13.7. The quantitative estimate of drug-likeness (QED) is 0.761. The molecule has 0 aromatic heterocycles. The number of benzene rings is 1. The zero-order valence-corrected chi connectivity index (χ0v) is 9.46. The number of nitrogens with zero attached hydrogens (tertiary/aromatic N) is 1. The van der Waals surface area contributed by atoms with E-state index in [1.165, 1.54) is 19.1 Å². The van der Waals surface area contributed by atoms with Gasteiger partial charge >= 0.3 is 11.9 Å². The Balaban J connectivity index is 3.24. The summed E-state index contributed by atoms with van der Waals surface area (Å²) in [6.07, 6.45) is 0. The van der Waals surface area contributed by atoms with Gasteiger partial charge in [0.1, 0.15) is 0 Å². The van der Waals surface area contributed by atoms with Crippen LogP contribution in [0.5, 0.6) is 0 Å². The molecule has 1 rings (SSSR count). The minimum Gasteiger partial charge on any atom is -0.461 e. The van der Waals surface area contributed by atoms with Crippen LogP contribution in [0.1, 0.15) is 23.6 Å². The molecule has 0 fully saturated rings. The number of esters is 1. The summed E-state index contributed by atoms with van der Waals surface area (Å²) in [5.41, 5.74) is -0.169. The Morgan fingerprint density at radius 2 is 2.18 bits per heavy atom. The predicted molar refractivity (Wildman–Crippen MR) is 56.4 cm³/mol. The molecule has 0 bridgehead atoms. The number of carbonyl (C=O) groups excluding carboxylic acids is 1. The van der Waals surface area contributed by atoms with Crippen LogP contribution < -0.4 is 0 Å². The van der Waals surface area contributed by atoms with Crippen LogP contribution in [-0.2, 0) is 15.5 Å². The first-order valence-electron chi connectivity index (χ1n) is 4.99. The first-order valence-corrected chi connectivity index (χ1v) is 4.99. The van der Waals surface area contributed by atoms with Crippen LogP contribution in [-0.4, -0.2) is 12.6 Å². The van der Waals surface area contributed by atoms with E-state index >= 15 is 0 Å². The van der Waals surface area contributed by atoms with Gasteiger partial charge in [-0.3, -0.25) is 0 Å². The molecule has 0 atom stereocenters. The lowest BCUT2D eigenvalue weighted by Gasteiger charge is -2.16. The number of alkyl halides is 2. The fraction of sp³-hybridized carbons (Fsp3) is 0.333. The minimum atomic E-state index is -3.80. The van der Waals surface area contributed by atoms with Gasteiger partial charge in [0.25, 0.3) is 0 Å². The molecule has 0 spiro atoms. The lowest BCUT2D eigenvalue weighted by molar-refractivity contribution is -0.173. The molecule has 1 aromatic rings. The van der Waals surface area contributed by atoms with Gasteiger partial charge in [-0.15, -0.1) is 0 Å². The fourth-order valence-corrected chi connectivity index (χ4v) is 1.36. The van der Waals surface area contributed by atoms with E-state index in [1.807, 2.05) is 0 Å². The molecular formula is C12H11F2NO2. The SMILES string of the molecule is CCOC(=O)C(F)(F)c1ccc(C)cc1C#N. The van der Waals surface area contributed by atoms with Crippen molar-refractivity contribution in [2.24, 2.45) is 0 Å². The normalized spacial score (nSPS) is 10.8. The summed E-state index contributed by atoms with van der Waals surface area (Å²) in [7, 11) is 0. The third kappa shape index (κ3) is 2.59. The summed E-state index contributed by atoms with van der Waals surface area (Å²) in [6.45, 7) is 2.98. The number of hydrogen-bond donors (Lipinski definition) is 0. The van der Waals surface area contributed by atoms with E-state index in [1.54, 1.807) is 13.0 Å². The molecule has 0 N–H and O–H groups in total. The monoisotopic (exact) mass is 239 g/mol. The van der Waals surface area contributed by atoms with Crippen molar-refractivity contribution in [2.75, 3.05) is 6.61 Å². The van der Waals surface area contributed by atoms with Crippen LogP contribution in [0.2, 0.25) is 0 Å². The molecule has 0 heterocycles. The summed E-state index contributed by atoms with van der Waals surface area (Å²) < 4.78 is 31.7. The van der Waals surface area contributed by atoms with Crippen LogP contribution in [0.25, 0.3) is 0 Å². The minimum absolute atomic E-state index is 0.137. The van der Waals surface area contributed by atoms with E-state index in [-0.39, 0.29) is 12.2 Å². The van der Waals surface area contributed by atoms with E-state index in [2.05, 4.69) is 4.74 Å². The van der Waals surface area contributed by atoms with E-state index in [9.17, 15) is 13.6 Å². The molecule has 17 heavy (non-hydrogen) atoms. The number of hydrogen-bond acceptors (Lipinski definition) is 3. The third-order valence-electron chi connectivity index (χ3n) is 2.17. The molecule has 0 amide bonds. The number of halogens is 2. The van der Waals surface area contributed by atoms with Crippen LogP contribution in [0.15, 0.2) is 18.2 Å². The van der Waals surface area contributed by atoms with Gasteiger partial charge < -0.3 is 4.74 Å². The van der Waals surface area contributed by atoms with Gasteiger partial charge in [-0.2, -0.15) is 14.0 Å². The smallest absolute Gasteiger partial charge is 0.382 e. The van der Waals surface area contributed by atoms with Crippen molar-refractivity contribution in [3.05, 3.63) is 34.9 Å². The topological polar surface area (TPSA) is 50.1 Å². The Labute approximate surface area is 97.6 Å². The van der Waals surface area contributed by atoms with Gasteiger partial charge in [-0.25, -0.2) is 4.79 Å². The van der Waals surface area contributed by atoms with Crippen LogP contribution in [0.3, 0.4) is 0 Å². The van der Waals surface area contributed by atoms with Crippen molar-refractivity contribution in [1.29, 1.82) is 5.26 Å². The van der Waals surface area contributed by atoms with Crippen molar-refractivity contribution in [3.8, 4) is 6.07 Å². The number of carbonyl (C=O) groups is 1. The maximum atomic E-state index is 13.7. The Kier molecular flexibility index (Phi) is 3.79. The van der Waals surface area contributed by atoms with E-state index < -0.39 is 17.5 Å². The number of aryl methyl sites for hydroxylation is 1. The average Bonchev–Trinajstić information content (AvgIpc) is 2.28. The molecule has 1 aromatic carbocycles. The first kappa shape index (κ1) is 13.1. The average molecular weight is 239 g/mol. The molecule has 0 saturated carbocycles. The molecule has 0 radical (unpaired) electrons. The molecular weight excluding hydrogens is 228 g/mol. The lowest BCUT2D eigenvalue weighted by atomic mass is 10.00. The molecule has 0 aliphatic heterocycles. The Hall–Kier alpha value is -1.96. The molecule has 0 aliphatic rings. The van der Waals surface area contributed by atoms with Crippen molar-refractivity contribution in [3.63, 3.8) is 0 Å². The van der Waals surface area contributed by atoms with E-state index in [0.717, 1.165) is 6.07 Å². The van der Waals surface area contributed by atoms with Crippen molar-refractivity contribution in [1.82, 2.24) is 0 Å². The molecule has 0 unspecified atom stereocenters. The summed E-state index contributed by atoms with van der Waals surface area (Å²) in [5.74, 6) is -5.44. The second-order valence-corrected chi connectivity index (χ2v) is 3.46. The Bertz CT molecular complexity index is 478. The zero-order chi connectivity index (χ0) is 13.1. The summed E-state index contributed by atoms with van der Waals surface area (Å²) >= 11 is 0. The highest BCUT2D eigenvalue weighted by atomic mass is 19.3. The summed E-state index contributed by atoms with van der Waals surface area (Å²) in [4.78, 5) is 11.1. The Morgan fingerprint density at radius 1 is 1.53 bits per heavy atom. The lowest BCUT2D eigenvalue weighted by Crippen LogP contribution is -2.29. The maximum Gasteiger partial charge on any atom is 0.382 e. The molecule has 0 aliphatic carbocycles. The largest absolute Gasteiger partial charge is 0.461 e. The molecule has 0 saturated heterocycles. The van der Waals surface area contributed by atoms with E-state index in [4.69, 9.17) is 5.26 Å². The summed E-state index contributed by atoms with van der Waals surface area (Å²) in [6, 6.07) is 5.45. The van der Waals surface area contributed by atoms with Gasteiger partial charge in [0.2, 0.25) is 0 Å². The van der Waals surface area contributed by atoms with Gasteiger partial charge in [0.05, 0.1) is 23.8 Å². The van der Waals surface area contributed by atoms with Crippen LogP contribution >= 0.6 is 0 Å². The van der Waals surface area contributed by atoms with Gasteiger partial charge in [-0.05, 0) is 25.5 Å². The van der Waals surface area contributed by atoms with Crippen molar-refractivity contribution >= 4 is 5.97 Å². The van der Waals surface area contributed by atoms with Crippen molar-refractivity contribution < 1.29 is 18.3 Å². The highest BCUT2D eigenvalue weighted by Gasteiger charge is 2.44. The zero-order valence-electron chi connectivity index (χ0n) is 9.46. The van der Waals surface area contributed by atoms with Gasteiger partial charge in [0.15, 0.2) is 0 Å². The highest BCUT2D eigenvalue weighted by molar-refractivity contribution is 5.80. The van der Waals surface area contributed by atoms with Crippen LogP contribution in [0, 0.1) is 18.3 Å². The highest BCUT2D eigenvalue weighted by Crippen LogP contribution is 2.32. The second kappa shape index (κ2) is 4.91. The van der Waals surface area contributed by atoms with Gasteiger partial charge in [0, 0.05) is 0 Å². The number of nitriles is 1. The molecule has 90 valence electrons. The summed E-state index contributed by atoms with van der Waals surface area (Å²) in [5, 5.41) is 8.78. The van der Waals surface area contributed by atoms with Crippen molar-refractivity contribution in [2.45, 2.75) is 19.8 Å². The number of rotatable bonds is 3. The first-order chi connectivity index (χ1) is 7.93.